The van der Waals surface area contributed by atoms with Crippen molar-refractivity contribution in [3.63, 3.8) is 0 Å². The molecule has 0 unspecified atom stereocenters. The van der Waals surface area contributed by atoms with Gasteiger partial charge in [-0.25, -0.2) is 9.13 Å². The minimum atomic E-state index is -6.00. The molecule has 0 saturated heterocycles. The number of hydrogen-bond acceptors (Lipinski definition) is 0. The van der Waals surface area contributed by atoms with Crippen molar-refractivity contribution in [1.29, 1.82) is 0 Å². The minimum Gasteiger partial charge on any atom is -0.418 e. The highest BCUT2D eigenvalue weighted by molar-refractivity contribution is 6.50. The van der Waals surface area contributed by atoms with E-state index in [0.717, 1.165) is 13.1 Å². The van der Waals surface area contributed by atoms with Gasteiger partial charge in [-0.15, -0.1) is 0 Å². The molecule has 2 aromatic rings. The van der Waals surface area contributed by atoms with E-state index in [0.29, 0.717) is 11.8 Å². The van der Waals surface area contributed by atoms with Gasteiger partial charge in [-0.3, -0.25) is 0 Å². The van der Waals surface area contributed by atoms with Gasteiger partial charge in [-0.1, -0.05) is 27.7 Å². The van der Waals surface area contributed by atoms with E-state index in [2.05, 4.69) is 85.9 Å². The van der Waals surface area contributed by atoms with Gasteiger partial charge < -0.3 is 34.5 Å². The van der Waals surface area contributed by atoms with Crippen LogP contribution in [0.4, 0.5) is 34.5 Å². The van der Waals surface area contributed by atoms with Crippen LogP contribution < -0.4 is 9.13 Å². The Morgan fingerprint density at radius 1 is 0.567 bits per heavy atom. The standard InChI is InChI=1S/C18H26N2.2BF4/c1-15(2)13-19-9-5-17(6-10-19)18-7-11-20(12-8-18)14-16(3)4;2*2-1(3,4)5/h5-12,15-16H,13-14H2,1-4H3;;/q+2;2*-1. The minimum absolute atomic E-state index is 0.678. The van der Waals surface area contributed by atoms with Crippen LogP contribution in [-0.2, 0) is 13.1 Å². The van der Waals surface area contributed by atoms with E-state index in [4.69, 9.17) is 0 Å². The number of pyridine rings is 2. The van der Waals surface area contributed by atoms with Crippen LogP contribution in [0.2, 0.25) is 0 Å². The highest BCUT2D eigenvalue weighted by Gasteiger charge is 2.21. The van der Waals surface area contributed by atoms with E-state index < -0.39 is 14.5 Å². The number of aromatic nitrogens is 2. The first-order chi connectivity index (χ1) is 13.5. The summed E-state index contributed by atoms with van der Waals surface area (Å²) >= 11 is 0. The van der Waals surface area contributed by atoms with E-state index in [1.165, 1.54) is 11.1 Å². The molecular weight excluding hydrogens is 418 g/mol. The molecule has 0 spiro atoms. The fourth-order valence-electron chi connectivity index (χ4n) is 2.39. The predicted octanol–water partition coefficient (Wildman–Crippen LogP) is 5.84. The third kappa shape index (κ3) is 17.9. The van der Waals surface area contributed by atoms with Gasteiger partial charge in [-0.2, -0.15) is 0 Å². The highest BCUT2D eigenvalue weighted by atomic mass is 19.5. The molecule has 0 aliphatic carbocycles. The molecule has 0 aromatic carbocycles. The van der Waals surface area contributed by atoms with Crippen molar-refractivity contribution in [3.05, 3.63) is 49.1 Å². The first-order valence-corrected chi connectivity index (χ1v) is 9.27. The molecule has 2 heterocycles. The second kappa shape index (κ2) is 12.5. The van der Waals surface area contributed by atoms with E-state index in [1.807, 2.05) is 0 Å². The van der Waals surface area contributed by atoms with Gasteiger partial charge in [-0.05, 0) is 11.1 Å². The summed E-state index contributed by atoms with van der Waals surface area (Å²) in [6, 6.07) is 8.80. The van der Waals surface area contributed by atoms with Crippen LogP contribution in [0.5, 0.6) is 0 Å². The van der Waals surface area contributed by atoms with Crippen molar-refractivity contribution >= 4 is 14.5 Å². The average molecular weight is 444 g/mol. The number of hydrogen-bond donors (Lipinski definition) is 0. The summed E-state index contributed by atoms with van der Waals surface area (Å²) in [5, 5.41) is 0. The lowest BCUT2D eigenvalue weighted by molar-refractivity contribution is -0.702. The SMILES string of the molecule is CC(C)C[n+]1ccc(-c2cc[n+](CC(C)C)cc2)cc1.F[B-](F)(F)F.F[B-](F)(F)F. The molecule has 0 aliphatic heterocycles. The summed E-state index contributed by atoms with van der Waals surface area (Å²) in [6.07, 6.45) is 8.68. The number of halogens is 8. The molecule has 30 heavy (non-hydrogen) atoms. The zero-order valence-corrected chi connectivity index (χ0v) is 17.3. The van der Waals surface area contributed by atoms with Crippen molar-refractivity contribution in [2.45, 2.75) is 40.8 Å². The summed E-state index contributed by atoms with van der Waals surface area (Å²) in [6.45, 7) is 11.1. The maximum atomic E-state index is 9.75. The third-order valence-electron chi connectivity index (χ3n) is 3.27. The molecule has 0 atom stereocenters. The first kappa shape index (κ1) is 27.9. The summed E-state index contributed by atoms with van der Waals surface area (Å²) < 4.78 is 82.5. The highest BCUT2D eigenvalue weighted by Crippen LogP contribution is 2.15. The molecule has 12 heteroatoms. The van der Waals surface area contributed by atoms with Crippen LogP contribution in [0.1, 0.15) is 27.7 Å². The number of nitrogens with zero attached hydrogens (tertiary/aromatic N) is 2. The van der Waals surface area contributed by atoms with Crippen LogP contribution >= 0.6 is 0 Å². The van der Waals surface area contributed by atoms with Crippen molar-refractivity contribution in [2.24, 2.45) is 11.8 Å². The lowest BCUT2D eigenvalue weighted by atomic mass is 10.1. The molecule has 0 fully saturated rings. The van der Waals surface area contributed by atoms with Crippen LogP contribution in [0, 0.1) is 11.8 Å². The fourth-order valence-corrected chi connectivity index (χ4v) is 2.39. The molecule has 0 saturated carbocycles. The zero-order valence-electron chi connectivity index (χ0n) is 17.3. The second-order valence-electron chi connectivity index (χ2n) is 7.34. The Labute approximate surface area is 171 Å². The van der Waals surface area contributed by atoms with Gasteiger partial charge >= 0.3 is 14.5 Å². The average Bonchev–Trinajstić information content (AvgIpc) is 2.52. The molecule has 170 valence electrons. The van der Waals surface area contributed by atoms with Crippen LogP contribution in [0.3, 0.4) is 0 Å². The molecule has 0 amide bonds. The van der Waals surface area contributed by atoms with E-state index in [-0.39, 0.29) is 0 Å². The summed E-state index contributed by atoms with van der Waals surface area (Å²) in [4.78, 5) is 0. The molecule has 0 bridgehead atoms. The van der Waals surface area contributed by atoms with Crippen LogP contribution in [0.15, 0.2) is 49.1 Å². The van der Waals surface area contributed by atoms with Gasteiger partial charge in [0.15, 0.2) is 37.9 Å². The lowest BCUT2D eigenvalue weighted by Crippen LogP contribution is -2.35. The van der Waals surface area contributed by atoms with E-state index >= 15 is 0 Å². The van der Waals surface area contributed by atoms with E-state index in [1.54, 1.807) is 0 Å². The summed E-state index contributed by atoms with van der Waals surface area (Å²) in [5.74, 6) is 1.36. The maximum absolute atomic E-state index is 9.75. The Morgan fingerprint density at radius 3 is 0.933 bits per heavy atom. The van der Waals surface area contributed by atoms with Gasteiger partial charge in [0.25, 0.3) is 0 Å². The van der Waals surface area contributed by atoms with Gasteiger partial charge in [0.05, 0.1) is 0 Å². The van der Waals surface area contributed by atoms with Gasteiger partial charge in [0.1, 0.15) is 0 Å². The maximum Gasteiger partial charge on any atom is 0.673 e. The topological polar surface area (TPSA) is 7.76 Å². The van der Waals surface area contributed by atoms with Crippen molar-refractivity contribution < 1.29 is 43.7 Å². The normalized spacial score (nSPS) is 11.5. The van der Waals surface area contributed by atoms with Gasteiger partial charge in [0, 0.05) is 36.1 Å². The monoisotopic (exact) mass is 444 g/mol. The summed E-state index contributed by atoms with van der Waals surface area (Å²) in [7, 11) is -12.0. The smallest absolute Gasteiger partial charge is 0.418 e. The first-order valence-electron chi connectivity index (χ1n) is 9.27. The van der Waals surface area contributed by atoms with Gasteiger partial charge in [0.2, 0.25) is 0 Å². The molecule has 0 aliphatic rings. The van der Waals surface area contributed by atoms with Crippen molar-refractivity contribution in [3.8, 4) is 11.1 Å². The molecule has 2 aromatic heterocycles. The van der Waals surface area contributed by atoms with Crippen LogP contribution in [0.25, 0.3) is 11.1 Å². The number of rotatable bonds is 5. The van der Waals surface area contributed by atoms with Crippen molar-refractivity contribution in [1.82, 2.24) is 0 Å². The Balaban J connectivity index is 0.000000702. The molecule has 2 rings (SSSR count). The largest absolute Gasteiger partial charge is 0.673 e. The Hall–Kier alpha value is -2.13. The quantitative estimate of drug-likeness (QED) is 0.311. The predicted molar refractivity (Wildman–Crippen MR) is 102 cm³/mol. The third-order valence-corrected chi connectivity index (χ3v) is 3.27. The van der Waals surface area contributed by atoms with E-state index in [9.17, 15) is 34.5 Å². The Morgan fingerprint density at radius 2 is 0.767 bits per heavy atom. The molecule has 0 N–H and O–H groups in total. The lowest BCUT2D eigenvalue weighted by Gasteiger charge is -2.03. The molecule has 2 nitrogen and oxygen atoms in total. The Bertz CT molecular complexity index is 639. The molecular formula is C18H26B2F8N2. The fraction of sp³-hybridized carbons (Fsp3) is 0.444. The second-order valence-corrected chi connectivity index (χ2v) is 7.34. The zero-order chi connectivity index (χ0) is 23.5. The van der Waals surface area contributed by atoms with Crippen molar-refractivity contribution in [2.75, 3.05) is 0 Å². The molecule has 0 radical (unpaired) electrons. The summed E-state index contributed by atoms with van der Waals surface area (Å²) in [5.41, 5.74) is 2.56. The Kier molecular flexibility index (Phi) is 11.6. The van der Waals surface area contributed by atoms with Crippen LogP contribution in [-0.4, -0.2) is 14.5 Å².